The predicted octanol–water partition coefficient (Wildman–Crippen LogP) is 24.5. The zero-order chi connectivity index (χ0) is 73.6. The van der Waals surface area contributed by atoms with Crippen LogP contribution in [0.3, 0.4) is 0 Å². The van der Waals surface area contributed by atoms with Crippen molar-refractivity contribution in [2.45, 2.75) is 302 Å². The number of carbonyl (C=O) groups excluding carboxylic acids is 2. The Kier molecular flexibility index (Phi) is 27.1. The number of nitrogens with zero attached hydrogens (tertiary/aromatic N) is 6. The Bertz CT molecular complexity index is 4300. The molecule has 0 aliphatic carbocycles. The molecule has 556 valence electrons. The van der Waals surface area contributed by atoms with E-state index < -0.39 is 0 Å². The number of fused-ring (bicyclic) bond motifs is 12. The summed E-state index contributed by atoms with van der Waals surface area (Å²) in [6.07, 6.45) is 31.6. The van der Waals surface area contributed by atoms with Gasteiger partial charge in [0, 0.05) is 83.2 Å². The van der Waals surface area contributed by atoms with Crippen molar-refractivity contribution < 1.29 is 9.59 Å². The van der Waals surface area contributed by atoms with Crippen molar-refractivity contribution in [3.8, 4) is 0 Å². The van der Waals surface area contributed by atoms with Crippen molar-refractivity contribution in [2.75, 3.05) is 26.2 Å². The number of hydrogen-bond acceptors (Lipinski definition) is 6. The molecular formula is C92H126N10O2. The van der Waals surface area contributed by atoms with Gasteiger partial charge < -0.3 is 29.7 Å². The number of unbranched alkanes of at least 4 members (excludes halogenated alkanes) is 14. The Balaban J connectivity index is 1.10. The van der Waals surface area contributed by atoms with Crippen LogP contribution >= 0.6 is 0 Å². The van der Waals surface area contributed by atoms with Crippen LogP contribution in [0.2, 0.25) is 0 Å². The van der Waals surface area contributed by atoms with Gasteiger partial charge in [0.2, 0.25) is 11.8 Å². The fraction of sp³-hybridized carbons (Fsp3) is 0.543. The van der Waals surface area contributed by atoms with Crippen LogP contribution in [0, 0.1) is 27.7 Å². The molecule has 0 atom stereocenters. The zero-order valence-electron chi connectivity index (χ0n) is 66.6. The quantitative estimate of drug-likeness (QED) is 0.0396. The van der Waals surface area contributed by atoms with Gasteiger partial charge in [0.1, 0.15) is 0 Å². The minimum Gasteiger partial charge on any atom is -0.355 e. The van der Waals surface area contributed by atoms with Crippen molar-refractivity contribution >= 4 is 101 Å². The monoisotopic (exact) mass is 1400 g/mol. The van der Waals surface area contributed by atoms with E-state index in [2.05, 4.69) is 175 Å². The van der Waals surface area contributed by atoms with Gasteiger partial charge in [-0.15, -0.1) is 0 Å². The van der Waals surface area contributed by atoms with Crippen molar-refractivity contribution in [3.05, 3.63) is 139 Å². The van der Waals surface area contributed by atoms with Gasteiger partial charge in [-0.1, -0.05) is 131 Å². The standard InChI is InChI=1S/C92H126N10O2/c1-15-21-27-31-37-67-59(7)75-53-87-72-42-36-50-102(48-26-20-6)92(104)46-44-74-66(14)82-56-86-69(39-33-29-23-17-3)61(9)79(95-86)57-89-73(65(13)81(99-89)55-85-70(40-34-30-24-18-4)62(10)80(96-85)58-90(74)100-82)43-45-91(103)101(47-25-19-5)49-35-41-71-63(11)77(51-83(67)93-75)97-88(71)54-76-60(8)68(38-32-28-22-16-2)84(94-76)52-78(98-87)64(72)12/h51-58,93-96H,15-50H2,1-14H3. The smallest absolute Gasteiger partial charge is 0.222 e. The molecule has 6 aliphatic heterocycles. The fourth-order valence-electron chi connectivity index (χ4n) is 17.0. The molecule has 0 aromatic carbocycles. The maximum atomic E-state index is 15.3. The highest BCUT2D eigenvalue weighted by Crippen LogP contribution is 2.42. The minimum atomic E-state index is 0.194. The highest BCUT2D eigenvalue weighted by Gasteiger charge is 2.28. The third-order valence-corrected chi connectivity index (χ3v) is 23.9. The first-order chi connectivity index (χ1) is 50.5. The molecule has 12 rings (SSSR count). The van der Waals surface area contributed by atoms with Crippen LogP contribution in [0.4, 0.5) is 0 Å². The second-order valence-corrected chi connectivity index (χ2v) is 31.2. The summed E-state index contributed by atoms with van der Waals surface area (Å²) >= 11 is 0. The van der Waals surface area contributed by atoms with E-state index in [1.54, 1.807) is 0 Å². The first kappa shape index (κ1) is 77.2. The number of carbonyl (C=O) groups is 2. The molecule has 2 amide bonds. The number of allylic oxidation sites excluding steroid dienone is 8. The molecule has 6 aromatic rings. The second-order valence-electron chi connectivity index (χ2n) is 31.2. The lowest BCUT2D eigenvalue weighted by Crippen LogP contribution is -2.32. The SMILES string of the molecule is CCCCCCc1c(C)c2cc3nc4cc5[nH]c(cc6nc(cc1[nH]2)C(C)=C6CCCN(CCCC)C(=O)CCC1=C(C)c2cc6[nH]c(cc7nc(cc8[nH]c(cc1n2)c(C)c8CCCCCC)C(C)=C7CCC(=O)N(CCCC)CCCC3=C4C)c(C)c6CCCCCC)c(C)c5CCCCCC. The molecule has 0 unspecified atom stereocenters. The van der Waals surface area contributed by atoms with Crippen LogP contribution in [0.1, 0.15) is 339 Å². The lowest BCUT2D eigenvalue weighted by Gasteiger charge is -2.23. The molecule has 0 saturated heterocycles. The third kappa shape index (κ3) is 17.8. The first-order valence-electron chi connectivity index (χ1n) is 41.3. The van der Waals surface area contributed by atoms with Crippen molar-refractivity contribution in [2.24, 2.45) is 0 Å². The van der Waals surface area contributed by atoms with Crippen molar-refractivity contribution in [3.63, 3.8) is 0 Å². The van der Waals surface area contributed by atoms with Crippen LogP contribution < -0.4 is 0 Å². The van der Waals surface area contributed by atoms with Gasteiger partial charge in [0.05, 0.1) is 45.6 Å². The Labute approximate surface area is 623 Å². The van der Waals surface area contributed by atoms with Gasteiger partial charge in [-0.2, -0.15) is 0 Å². The molecule has 0 fully saturated rings. The van der Waals surface area contributed by atoms with E-state index in [1.807, 2.05) is 0 Å². The van der Waals surface area contributed by atoms with Crippen LogP contribution in [0.25, 0.3) is 88.7 Å². The number of nitrogens with one attached hydrogen (secondary N) is 4. The van der Waals surface area contributed by atoms with Gasteiger partial charge in [-0.3, -0.25) is 9.59 Å². The summed E-state index contributed by atoms with van der Waals surface area (Å²) in [5.74, 6) is 0.389. The molecule has 12 nitrogen and oxygen atoms in total. The van der Waals surface area contributed by atoms with E-state index in [0.29, 0.717) is 38.8 Å². The summed E-state index contributed by atoms with van der Waals surface area (Å²) in [5, 5.41) is 0. The molecule has 4 N–H and O–H groups in total. The van der Waals surface area contributed by atoms with Gasteiger partial charge in [-0.25, -0.2) is 19.9 Å². The number of H-pyrrole nitrogens is 4. The van der Waals surface area contributed by atoms with E-state index in [0.717, 1.165) is 228 Å². The molecule has 104 heavy (non-hydrogen) atoms. The second kappa shape index (κ2) is 36.4. The maximum absolute atomic E-state index is 15.3. The lowest BCUT2D eigenvalue weighted by atomic mass is 9.98. The van der Waals surface area contributed by atoms with E-state index in [4.69, 9.17) is 19.9 Å². The number of amides is 2. The Hall–Kier alpha value is -7.86. The summed E-state index contributed by atoms with van der Waals surface area (Å²) in [5.41, 5.74) is 36.1. The first-order valence-corrected chi connectivity index (χ1v) is 41.3. The predicted molar refractivity (Wildman–Crippen MR) is 442 cm³/mol. The summed E-state index contributed by atoms with van der Waals surface area (Å²) < 4.78 is 0. The van der Waals surface area contributed by atoms with E-state index >= 15 is 9.59 Å². The summed E-state index contributed by atoms with van der Waals surface area (Å²) in [6.45, 7) is 34.6. The molecule has 6 aromatic heterocycles. The number of aromatic nitrogens is 8. The van der Waals surface area contributed by atoms with Crippen LogP contribution in [0.5, 0.6) is 0 Å². The molecule has 6 aliphatic rings. The Morgan fingerprint density at radius 1 is 0.288 bits per heavy atom. The molecule has 20 bridgehead atoms. The average Bonchev–Trinajstić information content (AvgIpc) is 1.62. The third-order valence-electron chi connectivity index (χ3n) is 23.9. The van der Waals surface area contributed by atoms with E-state index in [1.165, 1.54) is 144 Å². The van der Waals surface area contributed by atoms with E-state index in [-0.39, 0.29) is 11.8 Å². The zero-order valence-corrected chi connectivity index (χ0v) is 66.6. The Morgan fingerprint density at radius 3 is 0.779 bits per heavy atom. The molecule has 0 saturated carbocycles. The molecule has 0 spiro atoms. The topological polar surface area (TPSA) is 155 Å². The van der Waals surface area contributed by atoms with Crippen molar-refractivity contribution in [1.82, 2.24) is 49.7 Å². The molecule has 12 heterocycles. The van der Waals surface area contributed by atoms with Crippen molar-refractivity contribution in [1.29, 1.82) is 0 Å². The van der Waals surface area contributed by atoms with Gasteiger partial charge in [-0.05, 0) is 296 Å². The minimum absolute atomic E-state index is 0.194. The van der Waals surface area contributed by atoms with Crippen LogP contribution in [-0.4, -0.2) is 87.7 Å². The van der Waals surface area contributed by atoms with Gasteiger partial charge >= 0.3 is 0 Å². The highest BCUT2D eigenvalue weighted by atomic mass is 16.2. The largest absolute Gasteiger partial charge is 0.355 e. The summed E-state index contributed by atoms with van der Waals surface area (Å²) in [4.78, 5) is 73.5. The summed E-state index contributed by atoms with van der Waals surface area (Å²) in [6, 6.07) is 18.5. The lowest BCUT2D eigenvalue weighted by molar-refractivity contribution is -0.132. The molecule has 12 heteroatoms. The number of rotatable bonds is 26. The van der Waals surface area contributed by atoms with Crippen LogP contribution in [0.15, 0.2) is 48.5 Å². The molecule has 0 radical (unpaired) electrons. The Morgan fingerprint density at radius 2 is 0.529 bits per heavy atom. The normalized spacial score (nSPS) is 15.3. The van der Waals surface area contributed by atoms with E-state index in [9.17, 15) is 0 Å². The number of aromatic amines is 4. The van der Waals surface area contributed by atoms with Crippen LogP contribution in [-0.2, 0) is 35.3 Å². The number of hydrogen-bond donors (Lipinski definition) is 4. The van der Waals surface area contributed by atoms with Gasteiger partial charge in [0.15, 0.2) is 0 Å². The number of aryl methyl sites for hydroxylation is 8. The molecular weight excluding hydrogens is 1280 g/mol. The maximum Gasteiger partial charge on any atom is 0.222 e. The summed E-state index contributed by atoms with van der Waals surface area (Å²) in [7, 11) is 0. The van der Waals surface area contributed by atoms with Gasteiger partial charge in [0.25, 0.3) is 0 Å². The average molecular weight is 1400 g/mol. The fourth-order valence-corrected chi connectivity index (χ4v) is 17.0. The highest BCUT2D eigenvalue weighted by molar-refractivity contribution is 5.98.